The van der Waals surface area contributed by atoms with Crippen molar-refractivity contribution in [2.45, 2.75) is 58.0 Å². The van der Waals surface area contributed by atoms with Gasteiger partial charge < -0.3 is 10.6 Å². The molecule has 1 heterocycles. The third kappa shape index (κ3) is 3.27. The van der Waals surface area contributed by atoms with Crippen LogP contribution in [-0.2, 0) is 0 Å². The summed E-state index contributed by atoms with van der Waals surface area (Å²) in [6, 6.07) is 4.74. The van der Waals surface area contributed by atoms with Crippen LogP contribution in [0.3, 0.4) is 0 Å². The summed E-state index contributed by atoms with van der Waals surface area (Å²) >= 11 is 0. The van der Waals surface area contributed by atoms with Crippen molar-refractivity contribution >= 4 is 5.82 Å². The number of hydrogen-bond donors (Lipinski definition) is 1. The average Bonchev–Trinajstić information content (AvgIpc) is 2.46. The predicted octanol–water partition coefficient (Wildman–Crippen LogP) is 3.51. The van der Waals surface area contributed by atoms with Crippen LogP contribution in [0.2, 0.25) is 0 Å². The van der Waals surface area contributed by atoms with Crippen LogP contribution in [0, 0.1) is 5.92 Å². The lowest BCUT2D eigenvalue weighted by molar-refractivity contribution is 0.312. The van der Waals surface area contributed by atoms with Crippen molar-refractivity contribution in [3.8, 4) is 0 Å². The fourth-order valence-electron chi connectivity index (χ4n) is 3.17. The zero-order valence-electron chi connectivity index (χ0n) is 12.5. The van der Waals surface area contributed by atoms with Crippen molar-refractivity contribution < 1.29 is 0 Å². The molecule has 3 nitrogen and oxygen atoms in total. The van der Waals surface area contributed by atoms with Gasteiger partial charge in [-0.1, -0.05) is 19.4 Å². The Hall–Kier alpha value is -1.09. The number of nitrogens with zero attached hydrogens (tertiary/aromatic N) is 2. The first-order chi connectivity index (χ1) is 9.13. The van der Waals surface area contributed by atoms with Crippen molar-refractivity contribution in [1.82, 2.24) is 4.98 Å². The van der Waals surface area contributed by atoms with E-state index in [4.69, 9.17) is 5.73 Å². The smallest absolute Gasteiger partial charge is 0.133 e. The van der Waals surface area contributed by atoms with Crippen LogP contribution in [0.25, 0.3) is 0 Å². The first-order valence-electron chi connectivity index (χ1n) is 7.56. The molecule has 1 aromatic rings. The Morgan fingerprint density at radius 1 is 1.37 bits per heavy atom. The largest absolute Gasteiger partial charge is 0.356 e. The summed E-state index contributed by atoms with van der Waals surface area (Å²) in [5.41, 5.74) is 7.21. The first kappa shape index (κ1) is 14.3. The minimum atomic E-state index is 0.0399. The lowest BCUT2D eigenvalue weighted by atomic mass is 9.84. The summed E-state index contributed by atoms with van der Waals surface area (Å²) in [7, 11) is 2.17. The molecule has 1 fully saturated rings. The zero-order chi connectivity index (χ0) is 13.8. The summed E-state index contributed by atoms with van der Waals surface area (Å²) < 4.78 is 0. The average molecular weight is 261 g/mol. The van der Waals surface area contributed by atoms with Gasteiger partial charge in [-0.25, -0.2) is 4.98 Å². The topological polar surface area (TPSA) is 42.2 Å². The SMILES string of the molecule is CCC1CCC(N(C)c2ncccc2[C@@H](C)N)CC1. The van der Waals surface area contributed by atoms with Crippen LogP contribution in [0.5, 0.6) is 0 Å². The van der Waals surface area contributed by atoms with E-state index in [9.17, 15) is 0 Å². The first-order valence-corrected chi connectivity index (χ1v) is 7.56. The van der Waals surface area contributed by atoms with Crippen LogP contribution in [-0.4, -0.2) is 18.1 Å². The maximum atomic E-state index is 6.06. The number of anilines is 1. The third-order valence-corrected chi connectivity index (χ3v) is 4.58. The fraction of sp³-hybridized carbons (Fsp3) is 0.688. The van der Waals surface area contributed by atoms with Crippen molar-refractivity contribution in [1.29, 1.82) is 0 Å². The maximum absolute atomic E-state index is 6.06. The molecule has 0 radical (unpaired) electrons. The highest BCUT2D eigenvalue weighted by molar-refractivity contribution is 5.48. The van der Waals surface area contributed by atoms with E-state index in [0.717, 1.165) is 17.3 Å². The minimum absolute atomic E-state index is 0.0399. The lowest BCUT2D eigenvalue weighted by Gasteiger charge is -2.36. The Morgan fingerprint density at radius 3 is 2.63 bits per heavy atom. The Balaban J connectivity index is 2.10. The van der Waals surface area contributed by atoms with E-state index < -0.39 is 0 Å². The molecule has 0 aromatic carbocycles. The van der Waals surface area contributed by atoms with Gasteiger partial charge in [0, 0.05) is 30.9 Å². The number of aromatic nitrogens is 1. The molecule has 19 heavy (non-hydrogen) atoms. The monoisotopic (exact) mass is 261 g/mol. The molecule has 106 valence electrons. The van der Waals surface area contributed by atoms with Crippen LogP contribution < -0.4 is 10.6 Å². The lowest BCUT2D eigenvalue weighted by Crippen LogP contribution is -2.36. The predicted molar refractivity (Wildman–Crippen MR) is 81.3 cm³/mol. The van der Waals surface area contributed by atoms with Crippen LogP contribution in [0.4, 0.5) is 5.82 Å². The molecule has 2 rings (SSSR count). The molecule has 0 amide bonds. The highest BCUT2D eigenvalue weighted by atomic mass is 15.2. The van der Waals surface area contributed by atoms with Crippen molar-refractivity contribution in [3.05, 3.63) is 23.9 Å². The number of nitrogens with two attached hydrogens (primary N) is 1. The van der Waals surface area contributed by atoms with Gasteiger partial charge in [-0.05, 0) is 44.6 Å². The van der Waals surface area contributed by atoms with Crippen LogP contribution in [0.15, 0.2) is 18.3 Å². The van der Waals surface area contributed by atoms with E-state index in [1.54, 1.807) is 0 Å². The van der Waals surface area contributed by atoms with E-state index in [-0.39, 0.29) is 6.04 Å². The molecule has 1 atom stereocenters. The zero-order valence-corrected chi connectivity index (χ0v) is 12.5. The van der Waals surface area contributed by atoms with Gasteiger partial charge in [0.15, 0.2) is 0 Å². The number of hydrogen-bond acceptors (Lipinski definition) is 3. The molecule has 0 bridgehead atoms. The molecule has 0 saturated heterocycles. The van der Waals surface area contributed by atoms with Gasteiger partial charge in [0.25, 0.3) is 0 Å². The minimum Gasteiger partial charge on any atom is -0.356 e. The van der Waals surface area contributed by atoms with Crippen molar-refractivity contribution in [3.63, 3.8) is 0 Å². The van der Waals surface area contributed by atoms with E-state index >= 15 is 0 Å². The van der Waals surface area contributed by atoms with Gasteiger partial charge in [0.1, 0.15) is 5.82 Å². The summed E-state index contributed by atoms with van der Waals surface area (Å²) in [6.45, 7) is 4.34. The van der Waals surface area contributed by atoms with Gasteiger partial charge in [-0.2, -0.15) is 0 Å². The highest BCUT2D eigenvalue weighted by Crippen LogP contribution is 2.32. The second-order valence-corrected chi connectivity index (χ2v) is 5.90. The van der Waals surface area contributed by atoms with Crippen LogP contribution >= 0.6 is 0 Å². The van der Waals surface area contributed by atoms with Crippen LogP contribution in [0.1, 0.15) is 57.6 Å². The van der Waals surface area contributed by atoms with E-state index in [1.165, 1.54) is 32.1 Å². The summed E-state index contributed by atoms with van der Waals surface area (Å²) in [5.74, 6) is 2.00. The second kappa shape index (κ2) is 6.38. The molecule has 0 aliphatic heterocycles. The molecule has 0 unspecified atom stereocenters. The Kier molecular flexibility index (Phi) is 4.81. The number of pyridine rings is 1. The quantitative estimate of drug-likeness (QED) is 0.902. The maximum Gasteiger partial charge on any atom is 0.133 e. The Morgan fingerprint density at radius 2 is 2.05 bits per heavy atom. The Labute approximate surface area is 117 Å². The molecule has 1 aromatic heterocycles. The standard InChI is InChI=1S/C16H27N3/c1-4-13-7-9-14(10-8-13)19(3)16-15(12(2)17)6-5-11-18-16/h5-6,11-14H,4,7-10,17H2,1-3H3/t12-,13?,14?/m1/s1. The summed E-state index contributed by atoms with van der Waals surface area (Å²) in [4.78, 5) is 6.91. The van der Waals surface area contributed by atoms with Crippen molar-refractivity contribution in [2.24, 2.45) is 11.7 Å². The van der Waals surface area contributed by atoms with Gasteiger partial charge in [0.05, 0.1) is 0 Å². The molecule has 1 aliphatic rings. The summed E-state index contributed by atoms with van der Waals surface area (Å²) in [5, 5.41) is 0. The number of rotatable bonds is 4. The van der Waals surface area contributed by atoms with E-state index in [2.05, 4.69) is 29.9 Å². The Bertz CT molecular complexity index is 395. The molecule has 0 spiro atoms. The van der Waals surface area contributed by atoms with E-state index in [0.29, 0.717) is 6.04 Å². The molecule has 1 aliphatic carbocycles. The molecule has 1 saturated carbocycles. The van der Waals surface area contributed by atoms with Gasteiger partial charge in [0.2, 0.25) is 0 Å². The fourth-order valence-corrected chi connectivity index (χ4v) is 3.17. The third-order valence-electron chi connectivity index (χ3n) is 4.58. The molecule has 2 N–H and O–H groups in total. The van der Waals surface area contributed by atoms with Crippen molar-refractivity contribution in [2.75, 3.05) is 11.9 Å². The second-order valence-electron chi connectivity index (χ2n) is 5.90. The molecule has 3 heteroatoms. The van der Waals surface area contributed by atoms with Gasteiger partial charge in [-0.3, -0.25) is 0 Å². The van der Waals surface area contributed by atoms with E-state index in [1.807, 2.05) is 19.2 Å². The molecular weight excluding hydrogens is 234 g/mol. The summed E-state index contributed by atoms with van der Waals surface area (Å²) in [6.07, 6.45) is 8.46. The molecular formula is C16H27N3. The van der Waals surface area contributed by atoms with Gasteiger partial charge >= 0.3 is 0 Å². The highest BCUT2D eigenvalue weighted by Gasteiger charge is 2.25. The van der Waals surface area contributed by atoms with Gasteiger partial charge in [-0.15, -0.1) is 0 Å². The normalized spacial score (nSPS) is 25.1.